The Morgan fingerprint density at radius 2 is 2.44 bits per heavy atom. The number of hydrogen-bond donors (Lipinski definition) is 1. The van der Waals surface area contributed by atoms with Crippen molar-refractivity contribution < 1.29 is 9.90 Å². The van der Waals surface area contributed by atoms with E-state index in [1.807, 2.05) is 17.9 Å². The zero-order chi connectivity index (χ0) is 11.5. The largest absolute Gasteiger partial charge is 0.481 e. The summed E-state index contributed by atoms with van der Waals surface area (Å²) in [6.07, 6.45) is 3.34. The number of piperidine rings is 1. The summed E-state index contributed by atoms with van der Waals surface area (Å²) in [4.78, 5) is 21.4. The smallest absolute Gasteiger partial charge is 0.308 e. The van der Waals surface area contributed by atoms with Gasteiger partial charge in [-0.15, -0.1) is 0 Å². The lowest BCUT2D eigenvalue weighted by Crippen LogP contribution is -2.39. The summed E-state index contributed by atoms with van der Waals surface area (Å²) in [7, 11) is 0. The molecule has 1 atom stereocenters. The second-order valence-electron chi connectivity index (χ2n) is 4.12. The molecule has 0 amide bonds. The third kappa shape index (κ3) is 2.29. The van der Waals surface area contributed by atoms with Crippen molar-refractivity contribution in [3.8, 4) is 0 Å². The van der Waals surface area contributed by atoms with E-state index in [2.05, 4.69) is 9.97 Å². The second kappa shape index (κ2) is 4.47. The molecule has 5 nitrogen and oxygen atoms in total. The van der Waals surface area contributed by atoms with Gasteiger partial charge in [0, 0.05) is 25.0 Å². The summed E-state index contributed by atoms with van der Waals surface area (Å²) in [5.41, 5.74) is 0.905. The minimum atomic E-state index is -0.725. The Morgan fingerprint density at radius 3 is 3.12 bits per heavy atom. The van der Waals surface area contributed by atoms with Crippen molar-refractivity contribution in [3.63, 3.8) is 0 Å². The summed E-state index contributed by atoms with van der Waals surface area (Å²) in [5, 5.41) is 8.99. The summed E-state index contributed by atoms with van der Waals surface area (Å²) < 4.78 is 0. The van der Waals surface area contributed by atoms with Gasteiger partial charge in [0.1, 0.15) is 0 Å². The van der Waals surface area contributed by atoms with Crippen LogP contribution in [0.1, 0.15) is 18.5 Å². The molecule has 1 aromatic heterocycles. The van der Waals surface area contributed by atoms with Gasteiger partial charge in [-0.25, -0.2) is 9.97 Å². The molecule has 1 aliphatic heterocycles. The van der Waals surface area contributed by atoms with Gasteiger partial charge in [-0.2, -0.15) is 0 Å². The molecule has 2 heterocycles. The van der Waals surface area contributed by atoms with Gasteiger partial charge in [-0.3, -0.25) is 4.79 Å². The molecule has 2 rings (SSSR count). The zero-order valence-electron chi connectivity index (χ0n) is 9.26. The topological polar surface area (TPSA) is 66.3 Å². The number of aryl methyl sites for hydroxylation is 1. The predicted molar refractivity (Wildman–Crippen MR) is 59.3 cm³/mol. The first-order chi connectivity index (χ1) is 7.66. The lowest BCUT2D eigenvalue weighted by atomic mass is 9.99. The predicted octanol–water partition coefficient (Wildman–Crippen LogP) is 1.09. The third-order valence-corrected chi connectivity index (χ3v) is 2.84. The maximum atomic E-state index is 10.9. The van der Waals surface area contributed by atoms with E-state index in [1.54, 1.807) is 6.20 Å². The van der Waals surface area contributed by atoms with E-state index >= 15 is 0 Å². The highest BCUT2D eigenvalue weighted by molar-refractivity contribution is 5.71. The van der Waals surface area contributed by atoms with Crippen LogP contribution in [-0.4, -0.2) is 34.1 Å². The third-order valence-electron chi connectivity index (χ3n) is 2.84. The molecule has 1 fully saturated rings. The lowest BCUT2D eigenvalue weighted by molar-refractivity contribution is -0.141. The zero-order valence-corrected chi connectivity index (χ0v) is 9.26. The van der Waals surface area contributed by atoms with E-state index in [-0.39, 0.29) is 5.92 Å². The lowest BCUT2D eigenvalue weighted by Gasteiger charge is -2.30. The Labute approximate surface area is 94.1 Å². The second-order valence-corrected chi connectivity index (χ2v) is 4.12. The fourth-order valence-corrected chi connectivity index (χ4v) is 1.95. The van der Waals surface area contributed by atoms with Gasteiger partial charge in [-0.05, 0) is 25.8 Å². The Bertz CT molecular complexity index is 395. The van der Waals surface area contributed by atoms with Crippen molar-refractivity contribution in [2.45, 2.75) is 19.8 Å². The molecule has 0 unspecified atom stereocenters. The van der Waals surface area contributed by atoms with Crippen LogP contribution in [0.25, 0.3) is 0 Å². The molecule has 0 aliphatic carbocycles. The van der Waals surface area contributed by atoms with Crippen molar-refractivity contribution >= 4 is 11.9 Å². The average Bonchev–Trinajstić information content (AvgIpc) is 2.29. The number of anilines is 1. The number of aliphatic carboxylic acids is 1. The van der Waals surface area contributed by atoms with E-state index in [1.165, 1.54) is 0 Å². The molecular weight excluding hydrogens is 206 g/mol. The molecule has 0 bridgehead atoms. The van der Waals surface area contributed by atoms with Crippen LogP contribution in [-0.2, 0) is 4.79 Å². The van der Waals surface area contributed by atoms with Gasteiger partial charge in [0.2, 0.25) is 5.95 Å². The highest BCUT2D eigenvalue weighted by atomic mass is 16.4. The first-order valence-electron chi connectivity index (χ1n) is 5.44. The van der Waals surface area contributed by atoms with Crippen molar-refractivity contribution in [3.05, 3.63) is 18.0 Å². The minimum absolute atomic E-state index is 0.294. The van der Waals surface area contributed by atoms with Crippen molar-refractivity contribution in [1.29, 1.82) is 0 Å². The van der Waals surface area contributed by atoms with E-state index in [0.717, 1.165) is 25.1 Å². The first kappa shape index (κ1) is 10.9. The minimum Gasteiger partial charge on any atom is -0.481 e. The van der Waals surface area contributed by atoms with Crippen LogP contribution in [0.5, 0.6) is 0 Å². The Balaban J connectivity index is 2.12. The molecule has 0 saturated carbocycles. The summed E-state index contributed by atoms with van der Waals surface area (Å²) in [6.45, 7) is 3.26. The molecule has 1 aromatic rings. The monoisotopic (exact) mass is 221 g/mol. The quantitative estimate of drug-likeness (QED) is 0.809. The number of carboxylic acids is 1. The highest BCUT2D eigenvalue weighted by Gasteiger charge is 2.26. The molecule has 1 saturated heterocycles. The van der Waals surface area contributed by atoms with Crippen LogP contribution in [0, 0.1) is 12.8 Å². The summed E-state index contributed by atoms with van der Waals surface area (Å²) >= 11 is 0. The van der Waals surface area contributed by atoms with Gasteiger partial charge < -0.3 is 10.0 Å². The van der Waals surface area contributed by atoms with Gasteiger partial charge >= 0.3 is 5.97 Å². The summed E-state index contributed by atoms with van der Waals surface area (Å²) in [6, 6.07) is 1.84. The van der Waals surface area contributed by atoms with Crippen molar-refractivity contribution in [2.24, 2.45) is 5.92 Å². The molecule has 16 heavy (non-hydrogen) atoms. The van der Waals surface area contributed by atoms with Crippen LogP contribution in [0.15, 0.2) is 12.3 Å². The normalized spacial score (nSPS) is 20.8. The molecule has 1 aliphatic rings. The molecule has 0 aromatic carbocycles. The molecule has 0 spiro atoms. The molecule has 86 valence electrons. The van der Waals surface area contributed by atoms with Crippen LogP contribution in [0.3, 0.4) is 0 Å². The molecule has 5 heteroatoms. The van der Waals surface area contributed by atoms with Crippen LogP contribution in [0.2, 0.25) is 0 Å². The van der Waals surface area contributed by atoms with E-state index in [0.29, 0.717) is 12.5 Å². The molecule has 1 N–H and O–H groups in total. The Hall–Kier alpha value is -1.65. The van der Waals surface area contributed by atoms with E-state index < -0.39 is 5.97 Å². The molecule has 0 radical (unpaired) electrons. The number of rotatable bonds is 2. The van der Waals surface area contributed by atoms with Crippen LogP contribution in [0.4, 0.5) is 5.95 Å². The maximum absolute atomic E-state index is 10.9. The van der Waals surface area contributed by atoms with Crippen molar-refractivity contribution in [1.82, 2.24) is 9.97 Å². The van der Waals surface area contributed by atoms with E-state index in [4.69, 9.17) is 5.11 Å². The number of hydrogen-bond acceptors (Lipinski definition) is 4. The SMILES string of the molecule is Cc1ccnc(N2CCC[C@@H](C(=O)O)C2)n1. The Morgan fingerprint density at radius 1 is 1.62 bits per heavy atom. The number of aromatic nitrogens is 2. The van der Waals surface area contributed by atoms with Gasteiger partial charge in [0.25, 0.3) is 0 Å². The highest BCUT2D eigenvalue weighted by Crippen LogP contribution is 2.20. The van der Waals surface area contributed by atoms with Gasteiger partial charge in [0.15, 0.2) is 0 Å². The number of nitrogens with zero attached hydrogens (tertiary/aromatic N) is 3. The Kier molecular flexibility index (Phi) is 3.03. The maximum Gasteiger partial charge on any atom is 0.308 e. The summed E-state index contributed by atoms with van der Waals surface area (Å²) in [5.74, 6) is -0.374. The van der Waals surface area contributed by atoms with Gasteiger partial charge in [-0.1, -0.05) is 0 Å². The number of carboxylic acid groups (broad SMARTS) is 1. The van der Waals surface area contributed by atoms with Crippen LogP contribution < -0.4 is 4.90 Å². The average molecular weight is 221 g/mol. The number of carbonyl (C=O) groups is 1. The fraction of sp³-hybridized carbons (Fsp3) is 0.545. The van der Waals surface area contributed by atoms with Crippen LogP contribution >= 0.6 is 0 Å². The van der Waals surface area contributed by atoms with Gasteiger partial charge in [0.05, 0.1) is 5.92 Å². The standard InChI is InChI=1S/C11H15N3O2/c1-8-4-5-12-11(13-8)14-6-2-3-9(7-14)10(15)16/h4-5,9H,2-3,6-7H2,1H3,(H,15,16)/t9-/m1/s1. The first-order valence-corrected chi connectivity index (χ1v) is 5.44. The van der Waals surface area contributed by atoms with Crippen molar-refractivity contribution in [2.75, 3.05) is 18.0 Å². The fourth-order valence-electron chi connectivity index (χ4n) is 1.95. The molecular formula is C11H15N3O2. The van der Waals surface area contributed by atoms with E-state index in [9.17, 15) is 4.79 Å².